The van der Waals surface area contributed by atoms with Gasteiger partial charge in [0.05, 0.1) is 12.7 Å². The Kier molecular flexibility index (Phi) is 7.44. The number of methoxy groups -OCH3 is 1. The number of esters is 1. The molecule has 1 amide bonds. The maximum atomic E-state index is 12.8. The molecule has 0 bridgehead atoms. The summed E-state index contributed by atoms with van der Waals surface area (Å²) >= 11 is 0. The van der Waals surface area contributed by atoms with Crippen molar-refractivity contribution in [3.63, 3.8) is 0 Å². The molecule has 0 radical (unpaired) electrons. The monoisotopic (exact) mass is 432 g/mol. The molecular formula is C25H28N4O3. The van der Waals surface area contributed by atoms with Crippen LogP contribution in [0.1, 0.15) is 51.7 Å². The van der Waals surface area contributed by atoms with Crippen molar-refractivity contribution in [3.05, 3.63) is 94.3 Å². The third-order valence-electron chi connectivity index (χ3n) is 5.10. The summed E-state index contributed by atoms with van der Waals surface area (Å²) in [5.41, 5.74) is 4.43. The third kappa shape index (κ3) is 5.63. The highest BCUT2D eigenvalue weighted by atomic mass is 16.5. The van der Waals surface area contributed by atoms with Gasteiger partial charge in [-0.3, -0.25) is 4.79 Å². The second kappa shape index (κ2) is 10.4. The first kappa shape index (κ1) is 22.8. The van der Waals surface area contributed by atoms with Crippen molar-refractivity contribution in [1.82, 2.24) is 5.32 Å². The van der Waals surface area contributed by atoms with E-state index in [1.165, 1.54) is 7.11 Å². The van der Waals surface area contributed by atoms with Gasteiger partial charge in [-0.15, -0.1) is 0 Å². The highest BCUT2D eigenvalue weighted by Crippen LogP contribution is 2.25. The molecule has 2 N–H and O–H groups in total. The summed E-state index contributed by atoms with van der Waals surface area (Å²) in [5.74, 6) is -0.643. The Morgan fingerprint density at radius 2 is 2.00 bits per heavy atom. The fourth-order valence-electron chi connectivity index (χ4n) is 3.31. The summed E-state index contributed by atoms with van der Waals surface area (Å²) in [4.78, 5) is 24.6. The van der Waals surface area contributed by atoms with Crippen molar-refractivity contribution < 1.29 is 18.9 Å². The number of allylic oxidation sites excluding steroid dienone is 1. The zero-order valence-corrected chi connectivity index (χ0v) is 18.8. The number of anilines is 1. The average Bonchev–Trinajstić information content (AvgIpc) is 2.79. The summed E-state index contributed by atoms with van der Waals surface area (Å²) in [5, 5.41) is 10.6. The predicted molar refractivity (Wildman–Crippen MR) is 126 cm³/mol. The summed E-state index contributed by atoms with van der Waals surface area (Å²) in [6.07, 6.45) is 8.10. The lowest BCUT2D eigenvalue weighted by Gasteiger charge is -2.26. The molecule has 0 saturated carbocycles. The van der Waals surface area contributed by atoms with Crippen LogP contribution in [0.25, 0.3) is 5.32 Å². The molecule has 3 rings (SSSR count). The van der Waals surface area contributed by atoms with Gasteiger partial charge in [0.2, 0.25) is 0 Å². The van der Waals surface area contributed by atoms with E-state index < -0.39 is 5.97 Å². The molecule has 1 aliphatic rings. The predicted octanol–water partition coefficient (Wildman–Crippen LogP) is 4.35. The van der Waals surface area contributed by atoms with E-state index in [2.05, 4.69) is 16.0 Å². The molecule has 1 unspecified atom stereocenters. The van der Waals surface area contributed by atoms with Crippen LogP contribution >= 0.6 is 0 Å². The van der Waals surface area contributed by atoms with Gasteiger partial charge >= 0.3 is 5.97 Å². The van der Waals surface area contributed by atoms with Crippen molar-refractivity contribution in [3.8, 4) is 0 Å². The van der Waals surface area contributed by atoms with Crippen molar-refractivity contribution in [2.75, 3.05) is 19.5 Å². The number of hydrogen-bond donors (Lipinski definition) is 2. The number of amides is 1. The molecule has 1 atom stereocenters. The molecule has 0 fully saturated rings. The Morgan fingerprint density at radius 3 is 2.69 bits per heavy atom. The molecular weight excluding hydrogens is 404 g/mol. The standard InChI is InChI=1S/C25H28N4O3/c1-5-18-13-20(9-10-23(18)25(31)32-4)24(30)28-21-8-6-7-19(14-21)17(2)26-11-12-27-22-15-29(3)16-22/h6-17H,5H2,1-4H3,(H2-,26,27,28,30,31). The van der Waals surface area contributed by atoms with Gasteiger partial charge in [0.15, 0.2) is 18.1 Å². The Bertz CT molecular complexity index is 1100. The van der Waals surface area contributed by atoms with Crippen molar-refractivity contribution >= 4 is 23.8 Å². The highest BCUT2D eigenvalue weighted by Gasteiger charge is 2.14. The third-order valence-corrected chi connectivity index (χ3v) is 5.10. The lowest BCUT2D eigenvalue weighted by atomic mass is 10.0. The van der Waals surface area contributed by atoms with Crippen LogP contribution in [-0.2, 0) is 11.2 Å². The van der Waals surface area contributed by atoms with Gasteiger partial charge in [-0.25, -0.2) is 9.37 Å². The van der Waals surface area contributed by atoms with E-state index in [0.717, 1.165) is 16.8 Å². The minimum atomic E-state index is -0.404. The molecule has 1 heterocycles. The second-order valence-corrected chi connectivity index (χ2v) is 7.46. The van der Waals surface area contributed by atoms with Crippen molar-refractivity contribution in [1.29, 1.82) is 0 Å². The summed E-state index contributed by atoms with van der Waals surface area (Å²) in [7, 11) is 3.31. The minimum absolute atomic E-state index is 0.0713. The highest BCUT2D eigenvalue weighted by molar-refractivity contribution is 6.05. The van der Waals surface area contributed by atoms with Crippen LogP contribution in [-0.4, -0.2) is 36.8 Å². The zero-order chi connectivity index (χ0) is 23.1. The van der Waals surface area contributed by atoms with E-state index >= 15 is 0 Å². The molecule has 166 valence electrons. The molecule has 32 heavy (non-hydrogen) atoms. The number of ether oxygens (including phenoxy) is 1. The average molecular weight is 433 g/mol. The lowest BCUT2D eigenvalue weighted by molar-refractivity contribution is -0.429. The normalized spacial score (nSPS) is 13.5. The Balaban J connectivity index is 1.62. The number of benzene rings is 2. The van der Waals surface area contributed by atoms with Crippen LogP contribution in [0, 0.1) is 0 Å². The van der Waals surface area contributed by atoms with Crippen molar-refractivity contribution in [2.24, 2.45) is 0 Å². The fraction of sp³-hybridized carbons (Fsp3) is 0.240. The van der Waals surface area contributed by atoms with E-state index in [4.69, 9.17) is 4.74 Å². The molecule has 0 spiro atoms. The van der Waals surface area contributed by atoms with Crippen LogP contribution in [0.3, 0.4) is 0 Å². The second-order valence-electron chi connectivity index (χ2n) is 7.46. The van der Waals surface area contributed by atoms with Gasteiger partial charge in [0.25, 0.3) is 5.91 Å². The summed E-state index contributed by atoms with van der Waals surface area (Å²) in [6, 6.07) is 12.5. The molecule has 0 aliphatic carbocycles. The van der Waals surface area contributed by atoms with Gasteiger partial charge in [-0.2, -0.15) is 6.20 Å². The fourth-order valence-corrected chi connectivity index (χ4v) is 3.31. The van der Waals surface area contributed by atoms with E-state index in [1.807, 2.05) is 62.2 Å². The number of rotatable bonds is 9. The largest absolute Gasteiger partial charge is 0.683 e. The molecule has 7 heteroatoms. The van der Waals surface area contributed by atoms with Gasteiger partial charge < -0.3 is 20.7 Å². The molecule has 2 aromatic carbocycles. The number of nitrogens with one attached hydrogen (secondary N) is 2. The molecule has 0 aromatic heterocycles. The SMILES string of the molecule is CCc1cc(C(=O)Nc2cccc(C(C)[N-]C=CNC3=C[N+](C)=C3)c2)ccc1C(=O)OC. The first-order valence-corrected chi connectivity index (χ1v) is 10.4. The first-order valence-electron chi connectivity index (χ1n) is 10.4. The van der Waals surface area contributed by atoms with Crippen LogP contribution in [0.2, 0.25) is 0 Å². The van der Waals surface area contributed by atoms with Crippen LogP contribution in [0.4, 0.5) is 5.69 Å². The Hall–Kier alpha value is -3.87. The van der Waals surface area contributed by atoms with E-state index in [9.17, 15) is 9.59 Å². The number of hydrogen-bond acceptors (Lipinski definition) is 4. The van der Waals surface area contributed by atoms with Crippen LogP contribution < -0.4 is 10.6 Å². The zero-order valence-electron chi connectivity index (χ0n) is 18.8. The quantitative estimate of drug-likeness (QED) is 0.456. The van der Waals surface area contributed by atoms with E-state index in [-0.39, 0.29) is 11.9 Å². The van der Waals surface area contributed by atoms with Crippen LogP contribution in [0.5, 0.6) is 0 Å². The van der Waals surface area contributed by atoms with E-state index in [0.29, 0.717) is 23.2 Å². The number of carbonyl (C=O) groups is 2. The first-order chi connectivity index (χ1) is 15.4. The number of nitrogens with zero attached hydrogens (tertiary/aromatic N) is 2. The maximum absolute atomic E-state index is 12.8. The van der Waals surface area contributed by atoms with Crippen molar-refractivity contribution in [2.45, 2.75) is 26.3 Å². The van der Waals surface area contributed by atoms with Gasteiger partial charge in [-0.1, -0.05) is 37.6 Å². The Morgan fingerprint density at radius 1 is 1.22 bits per heavy atom. The molecule has 0 saturated heterocycles. The molecule has 2 aromatic rings. The molecule has 1 aliphatic heterocycles. The van der Waals surface area contributed by atoms with Gasteiger partial charge in [0, 0.05) is 11.3 Å². The van der Waals surface area contributed by atoms with Crippen LogP contribution in [0.15, 0.2) is 66.8 Å². The smallest absolute Gasteiger partial charge is 0.338 e. The topological polar surface area (TPSA) is 84.5 Å². The lowest BCUT2D eigenvalue weighted by Crippen LogP contribution is -2.21. The number of aryl methyl sites for hydroxylation is 1. The summed E-state index contributed by atoms with van der Waals surface area (Å²) < 4.78 is 6.77. The van der Waals surface area contributed by atoms with E-state index in [1.54, 1.807) is 30.6 Å². The number of carbonyl (C=O) groups excluding carboxylic acids is 2. The Labute approximate surface area is 188 Å². The van der Waals surface area contributed by atoms with Gasteiger partial charge in [-0.05, 0) is 48.5 Å². The minimum Gasteiger partial charge on any atom is -0.683 e. The summed E-state index contributed by atoms with van der Waals surface area (Å²) in [6.45, 7) is 3.93. The molecule has 7 nitrogen and oxygen atoms in total. The maximum Gasteiger partial charge on any atom is 0.338 e. The van der Waals surface area contributed by atoms with Gasteiger partial charge in [0.1, 0.15) is 7.05 Å².